The van der Waals surface area contributed by atoms with Gasteiger partial charge in [-0.05, 0) is 30.5 Å². The molecule has 0 saturated heterocycles. The monoisotopic (exact) mass is 343 g/mol. The quantitative estimate of drug-likeness (QED) is 0.550. The number of benzene rings is 3. The number of H-pyrrole nitrogens is 1. The van der Waals surface area contributed by atoms with Gasteiger partial charge < -0.3 is 5.11 Å². The number of aryl methyl sites for hydroxylation is 1. The number of rotatable bonds is 3. The Morgan fingerprint density at radius 1 is 1.00 bits per heavy atom. The Bertz CT molecular complexity index is 1170. The predicted molar refractivity (Wildman–Crippen MR) is 104 cm³/mol. The van der Waals surface area contributed by atoms with E-state index in [9.17, 15) is 9.90 Å². The van der Waals surface area contributed by atoms with Gasteiger partial charge >= 0.3 is 0 Å². The molecule has 4 rings (SSSR count). The van der Waals surface area contributed by atoms with Crippen LogP contribution in [0.5, 0.6) is 5.75 Å². The van der Waals surface area contributed by atoms with Gasteiger partial charge in [-0.2, -0.15) is 0 Å². The Balaban J connectivity index is 1.76. The largest absolute Gasteiger partial charge is 0.505 e. The average molecular weight is 343 g/mol. The Hall–Kier alpha value is -3.60. The van der Waals surface area contributed by atoms with E-state index < -0.39 is 0 Å². The van der Waals surface area contributed by atoms with Crippen LogP contribution in [-0.2, 0) is 0 Å². The summed E-state index contributed by atoms with van der Waals surface area (Å²) in [5, 5.41) is 15.2. The number of hydrogen-bond donors (Lipinski definition) is 2. The van der Waals surface area contributed by atoms with Gasteiger partial charge in [-0.3, -0.25) is 14.9 Å². The number of aromatic hydroxyl groups is 1. The fraction of sp³-hybridized carbons (Fsp3) is 0.0476. The fourth-order valence-electron chi connectivity index (χ4n) is 2.95. The lowest BCUT2D eigenvalue weighted by molar-refractivity contribution is 0.483. The van der Waals surface area contributed by atoms with Crippen molar-refractivity contribution in [3.8, 4) is 11.4 Å². The highest BCUT2D eigenvalue weighted by Crippen LogP contribution is 2.34. The number of aliphatic imine (C=N–C) groups is 1. The number of fused-ring (bicyclic) bond motifs is 1. The van der Waals surface area contributed by atoms with Crippen LogP contribution in [0.25, 0.3) is 16.5 Å². The first-order valence-electron chi connectivity index (χ1n) is 8.27. The number of para-hydroxylation sites is 1. The van der Waals surface area contributed by atoms with E-state index in [1.807, 2.05) is 67.6 Å². The van der Waals surface area contributed by atoms with Gasteiger partial charge in [-0.15, -0.1) is 0 Å². The second-order valence-electron chi connectivity index (χ2n) is 6.04. The number of aromatic amines is 1. The summed E-state index contributed by atoms with van der Waals surface area (Å²) in [7, 11) is 0. The minimum Gasteiger partial charge on any atom is -0.505 e. The van der Waals surface area contributed by atoms with E-state index in [0.717, 1.165) is 16.5 Å². The summed E-state index contributed by atoms with van der Waals surface area (Å²) in [6.45, 7) is 1.82. The topological polar surface area (TPSA) is 70.4 Å². The number of phenols is 1. The predicted octanol–water partition coefficient (Wildman–Crippen LogP) is 4.08. The van der Waals surface area contributed by atoms with Crippen molar-refractivity contribution in [3.05, 3.63) is 88.3 Å². The maximum Gasteiger partial charge on any atom is 0.280 e. The molecule has 5 nitrogen and oxygen atoms in total. The van der Waals surface area contributed by atoms with Crippen LogP contribution in [-0.4, -0.2) is 21.1 Å². The van der Waals surface area contributed by atoms with Crippen LogP contribution < -0.4 is 5.56 Å². The van der Waals surface area contributed by atoms with Crippen molar-refractivity contribution in [2.75, 3.05) is 0 Å². The maximum absolute atomic E-state index is 12.7. The van der Waals surface area contributed by atoms with E-state index in [-0.39, 0.29) is 11.3 Å². The molecule has 26 heavy (non-hydrogen) atoms. The zero-order valence-electron chi connectivity index (χ0n) is 14.2. The van der Waals surface area contributed by atoms with E-state index >= 15 is 0 Å². The molecular weight excluding hydrogens is 326 g/mol. The molecule has 0 bridgehead atoms. The minimum atomic E-state index is -0.183. The molecule has 5 heteroatoms. The molecule has 0 radical (unpaired) electrons. The third-order valence-corrected chi connectivity index (χ3v) is 4.34. The molecule has 0 unspecified atom stereocenters. The van der Waals surface area contributed by atoms with Crippen LogP contribution >= 0.6 is 0 Å². The summed E-state index contributed by atoms with van der Waals surface area (Å²) in [5.41, 5.74) is 2.17. The van der Waals surface area contributed by atoms with Crippen LogP contribution in [0.4, 0.5) is 5.69 Å². The average Bonchev–Trinajstić information content (AvgIpc) is 2.96. The van der Waals surface area contributed by atoms with Gasteiger partial charge in [-0.25, -0.2) is 4.68 Å². The lowest BCUT2D eigenvalue weighted by atomic mass is 10.1. The molecule has 0 atom stereocenters. The highest BCUT2D eigenvalue weighted by molar-refractivity contribution is 5.94. The van der Waals surface area contributed by atoms with Gasteiger partial charge in [-0.1, -0.05) is 48.5 Å². The Labute approximate surface area is 149 Å². The van der Waals surface area contributed by atoms with Crippen molar-refractivity contribution in [2.45, 2.75) is 6.92 Å². The molecule has 0 aliphatic rings. The number of aromatic nitrogens is 2. The van der Waals surface area contributed by atoms with Crippen LogP contribution in [0.3, 0.4) is 0 Å². The molecular formula is C21H17N3O2. The van der Waals surface area contributed by atoms with Crippen molar-refractivity contribution in [1.29, 1.82) is 0 Å². The first kappa shape index (κ1) is 15.9. The van der Waals surface area contributed by atoms with Crippen LogP contribution in [0.2, 0.25) is 0 Å². The van der Waals surface area contributed by atoms with E-state index in [4.69, 9.17) is 0 Å². The third-order valence-electron chi connectivity index (χ3n) is 4.34. The molecule has 3 aromatic carbocycles. The zero-order valence-corrected chi connectivity index (χ0v) is 14.2. The normalized spacial score (nSPS) is 11.4. The van der Waals surface area contributed by atoms with Crippen molar-refractivity contribution in [2.24, 2.45) is 4.99 Å². The standard InChI is InChI=1S/C21H17N3O2/c1-14-18(21(26)24(23-14)16-8-3-2-4-9-16)13-22-19-12-11-15-7-5-6-10-17(15)20(19)25/h2-13,23,25H,1H3. The molecule has 0 aliphatic heterocycles. The summed E-state index contributed by atoms with van der Waals surface area (Å²) >= 11 is 0. The lowest BCUT2D eigenvalue weighted by Crippen LogP contribution is -2.17. The summed E-state index contributed by atoms with van der Waals surface area (Å²) in [6, 6.07) is 20.5. The van der Waals surface area contributed by atoms with Gasteiger partial charge in [0.05, 0.1) is 11.3 Å². The smallest absolute Gasteiger partial charge is 0.280 e. The molecule has 0 amide bonds. The third kappa shape index (κ3) is 2.69. The Kier molecular flexibility index (Phi) is 3.89. The van der Waals surface area contributed by atoms with Crippen LogP contribution in [0, 0.1) is 6.92 Å². The second kappa shape index (κ2) is 6.37. The van der Waals surface area contributed by atoms with Gasteiger partial charge in [0, 0.05) is 17.3 Å². The maximum atomic E-state index is 12.7. The summed E-state index contributed by atoms with van der Waals surface area (Å²) in [5.74, 6) is 0.107. The Morgan fingerprint density at radius 2 is 1.73 bits per heavy atom. The second-order valence-corrected chi connectivity index (χ2v) is 6.04. The first-order chi connectivity index (χ1) is 12.6. The summed E-state index contributed by atoms with van der Waals surface area (Å²) in [6.07, 6.45) is 1.50. The minimum absolute atomic E-state index is 0.107. The molecule has 0 fully saturated rings. The van der Waals surface area contributed by atoms with E-state index in [1.165, 1.54) is 10.9 Å². The molecule has 128 valence electrons. The molecule has 1 heterocycles. The van der Waals surface area contributed by atoms with Crippen LogP contribution in [0.1, 0.15) is 11.3 Å². The van der Waals surface area contributed by atoms with Crippen molar-refractivity contribution >= 4 is 22.7 Å². The SMILES string of the molecule is Cc1[nH]n(-c2ccccc2)c(=O)c1C=Nc1ccc2ccccc2c1O. The molecule has 2 N–H and O–H groups in total. The van der Waals surface area contributed by atoms with Gasteiger partial charge in [0.25, 0.3) is 5.56 Å². The van der Waals surface area contributed by atoms with Gasteiger partial charge in [0.15, 0.2) is 0 Å². The van der Waals surface area contributed by atoms with Crippen molar-refractivity contribution < 1.29 is 5.11 Å². The number of phenolic OH excluding ortho intramolecular Hbond substituents is 1. The zero-order chi connectivity index (χ0) is 18.1. The first-order valence-corrected chi connectivity index (χ1v) is 8.27. The Morgan fingerprint density at radius 3 is 2.54 bits per heavy atom. The molecule has 1 aromatic heterocycles. The molecule has 4 aromatic rings. The van der Waals surface area contributed by atoms with E-state index in [2.05, 4.69) is 10.1 Å². The molecule has 0 saturated carbocycles. The summed E-state index contributed by atoms with van der Waals surface area (Å²) in [4.78, 5) is 17.0. The van der Waals surface area contributed by atoms with E-state index in [0.29, 0.717) is 16.9 Å². The molecule has 0 aliphatic carbocycles. The molecule has 0 spiro atoms. The van der Waals surface area contributed by atoms with Gasteiger partial charge in [0.1, 0.15) is 11.4 Å². The van der Waals surface area contributed by atoms with Crippen molar-refractivity contribution in [3.63, 3.8) is 0 Å². The number of nitrogens with zero attached hydrogens (tertiary/aromatic N) is 2. The van der Waals surface area contributed by atoms with Crippen molar-refractivity contribution in [1.82, 2.24) is 9.78 Å². The number of hydrogen-bond acceptors (Lipinski definition) is 3. The number of nitrogens with one attached hydrogen (secondary N) is 1. The summed E-state index contributed by atoms with van der Waals surface area (Å²) < 4.78 is 1.48. The van der Waals surface area contributed by atoms with Gasteiger partial charge in [0.2, 0.25) is 0 Å². The van der Waals surface area contributed by atoms with E-state index in [1.54, 1.807) is 6.07 Å². The highest BCUT2D eigenvalue weighted by atomic mass is 16.3. The highest BCUT2D eigenvalue weighted by Gasteiger charge is 2.11. The fourth-order valence-corrected chi connectivity index (χ4v) is 2.95. The van der Waals surface area contributed by atoms with Crippen LogP contribution in [0.15, 0.2) is 76.5 Å². The lowest BCUT2D eigenvalue weighted by Gasteiger charge is -2.03.